The molecule has 4 rings (SSSR count). The number of benzene rings is 2. The third kappa shape index (κ3) is 2.93. The molecule has 2 heterocycles. The number of furan rings is 1. The minimum absolute atomic E-state index is 0.167. The number of methoxy groups -OCH3 is 2. The number of aliphatic imine (C=N–C) groups is 1. The second kappa shape index (κ2) is 6.40. The molecule has 0 radical (unpaired) electrons. The molecule has 1 aromatic heterocycles. The highest BCUT2D eigenvalue weighted by Gasteiger charge is 2.25. The molecular formula is C20H15NO5. The van der Waals surface area contributed by atoms with Crippen LogP contribution >= 0.6 is 0 Å². The Morgan fingerprint density at radius 3 is 2.42 bits per heavy atom. The largest absolute Gasteiger partial charge is 0.497 e. The van der Waals surface area contributed by atoms with E-state index in [1.165, 1.54) is 0 Å². The van der Waals surface area contributed by atoms with Gasteiger partial charge in [-0.2, -0.15) is 0 Å². The van der Waals surface area contributed by atoms with Gasteiger partial charge in [0.2, 0.25) is 5.90 Å². The number of esters is 1. The van der Waals surface area contributed by atoms with Gasteiger partial charge in [0.1, 0.15) is 22.8 Å². The van der Waals surface area contributed by atoms with Crippen LogP contribution in [0.1, 0.15) is 11.3 Å². The predicted molar refractivity (Wildman–Crippen MR) is 96.4 cm³/mol. The van der Waals surface area contributed by atoms with Crippen LogP contribution in [0.15, 0.2) is 63.6 Å². The number of fused-ring (bicyclic) bond motifs is 1. The second-order valence-electron chi connectivity index (χ2n) is 5.62. The molecule has 0 spiro atoms. The van der Waals surface area contributed by atoms with Crippen molar-refractivity contribution in [3.8, 4) is 11.5 Å². The lowest BCUT2D eigenvalue weighted by atomic mass is 10.2. The number of carbonyl (C=O) groups is 1. The standard InChI is InChI=1S/C20H15NO5/c1-23-14-8-13(9-15(10-14)24-2)19-21-17(20(22)26-19)11-16-7-12-5-3-4-6-18(12)25-16/h3-11H,1-2H3/b17-11-. The SMILES string of the molecule is COc1cc(OC)cc(C2=N/C(=C\c3cc4ccccc4o3)C(=O)O2)c1. The summed E-state index contributed by atoms with van der Waals surface area (Å²) in [5.41, 5.74) is 1.50. The molecule has 0 fully saturated rings. The van der Waals surface area contributed by atoms with E-state index in [4.69, 9.17) is 18.6 Å². The predicted octanol–water partition coefficient (Wildman–Crippen LogP) is 3.79. The first-order chi connectivity index (χ1) is 12.7. The molecule has 0 aliphatic carbocycles. The normalized spacial score (nSPS) is 15.2. The quantitative estimate of drug-likeness (QED) is 0.529. The van der Waals surface area contributed by atoms with Crippen molar-refractivity contribution in [1.29, 1.82) is 0 Å². The maximum atomic E-state index is 12.2. The molecule has 1 aliphatic heterocycles. The maximum Gasteiger partial charge on any atom is 0.363 e. The Kier molecular flexibility index (Phi) is 3.93. The van der Waals surface area contributed by atoms with Gasteiger partial charge in [-0.15, -0.1) is 0 Å². The molecule has 0 atom stereocenters. The minimum Gasteiger partial charge on any atom is -0.497 e. The van der Waals surface area contributed by atoms with Crippen molar-refractivity contribution in [3.63, 3.8) is 0 Å². The topological polar surface area (TPSA) is 70.3 Å². The van der Waals surface area contributed by atoms with Crippen molar-refractivity contribution in [2.45, 2.75) is 0 Å². The monoisotopic (exact) mass is 349 g/mol. The van der Waals surface area contributed by atoms with E-state index in [2.05, 4.69) is 4.99 Å². The third-order valence-electron chi connectivity index (χ3n) is 3.94. The molecule has 0 N–H and O–H groups in total. The zero-order valence-corrected chi connectivity index (χ0v) is 14.2. The molecule has 6 nitrogen and oxygen atoms in total. The molecule has 0 saturated carbocycles. The van der Waals surface area contributed by atoms with E-state index < -0.39 is 5.97 Å². The van der Waals surface area contributed by atoms with E-state index >= 15 is 0 Å². The van der Waals surface area contributed by atoms with Gasteiger partial charge in [0.15, 0.2) is 5.70 Å². The summed E-state index contributed by atoms with van der Waals surface area (Å²) in [6.07, 6.45) is 1.56. The van der Waals surface area contributed by atoms with Gasteiger partial charge in [0, 0.05) is 23.1 Å². The first kappa shape index (κ1) is 16.0. The highest BCUT2D eigenvalue weighted by molar-refractivity contribution is 6.13. The van der Waals surface area contributed by atoms with Gasteiger partial charge in [-0.1, -0.05) is 18.2 Å². The average Bonchev–Trinajstić information content (AvgIpc) is 3.24. The summed E-state index contributed by atoms with van der Waals surface area (Å²) >= 11 is 0. The van der Waals surface area contributed by atoms with Crippen LogP contribution in [0.2, 0.25) is 0 Å². The maximum absolute atomic E-state index is 12.2. The van der Waals surface area contributed by atoms with Crippen molar-refractivity contribution < 1.29 is 23.4 Å². The minimum atomic E-state index is -0.540. The smallest absolute Gasteiger partial charge is 0.363 e. The van der Waals surface area contributed by atoms with Gasteiger partial charge in [-0.05, 0) is 24.3 Å². The van der Waals surface area contributed by atoms with Gasteiger partial charge in [0.25, 0.3) is 0 Å². The van der Waals surface area contributed by atoms with E-state index in [9.17, 15) is 4.79 Å². The van der Waals surface area contributed by atoms with Gasteiger partial charge in [-0.25, -0.2) is 9.79 Å². The summed E-state index contributed by atoms with van der Waals surface area (Å²) < 4.78 is 21.5. The molecule has 3 aromatic rings. The molecule has 2 aromatic carbocycles. The lowest BCUT2D eigenvalue weighted by molar-refractivity contribution is -0.129. The van der Waals surface area contributed by atoms with Crippen LogP contribution in [-0.2, 0) is 9.53 Å². The van der Waals surface area contributed by atoms with Crippen LogP contribution in [0.25, 0.3) is 17.0 Å². The van der Waals surface area contributed by atoms with Crippen molar-refractivity contribution in [1.82, 2.24) is 0 Å². The lowest BCUT2D eigenvalue weighted by Crippen LogP contribution is -2.06. The van der Waals surface area contributed by atoms with Crippen LogP contribution in [0.4, 0.5) is 0 Å². The highest BCUT2D eigenvalue weighted by Crippen LogP contribution is 2.27. The van der Waals surface area contributed by atoms with Crippen LogP contribution < -0.4 is 9.47 Å². The summed E-state index contributed by atoms with van der Waals surface area (Å²) in [5.74, 6) is 1.34. The number of carbonyl (C=O) groups excluding carboxylic acids is 1. The number of rotatable bonds is 4. The molecule has 0 amide bonds. The van der Waals surface area contributed by atoms with E-state index in [1.807, 2.05) is 30.3 Å². The number of ether oxygens (including phenoxy) is 3. The molecule has 26 heavy (non-hydrogen) atoms. The molecule has 0 saturated heterocycles. The van der Waals surface area contributed by atoms with Gasteiger partial charge < -0.3 is 18.6 Å². The number of hydrogen-bond donors (Lipinski definition) is 0. The van der Waals surface area contributed by atoms with E-state index in [1.54, 1.807) is 38.5 Å². The van der Waals surface area contributed by atoms with Crippen molar-refractivity contribution in [2.75, 3.05) is 14.2 Å². The number of hydrogen-bond acceptors (Lipinski definition) is 6. The van der Waals surface area contributed by atoms with Gasteiger partial charge in [-0.3, -0.25) is 0 Å². The van der Waals surface area contributed by atoms with Crippen LogP contribution in [0.3, 0.4) is 0 Å². The molecule has 130 valence electrons. The Hall–Kier alpha value is -3.54. The van der Waals surface area contributed by atoms with Crippen LogP contribution in [-0.4, -0.2) is 26.1 Å². The number of para-hydroxylation sites is 1. The van der Waals surface area contributed by atoms with Gasteiger partial charge >= 0.3 is 5.97 Å². The molecule has 1 aliphatic rings. The fraction of sp³-hybridized carbons (Fsp3) is 0.100. The summed E-state index contributed by atoms with van der Waals surface area (Å²) in [4.78, 5) is 16.5. The van der Waals surface area contributed by atoms with E-state index in [0.29, 0.717) is 22.8 Å². The fourth-order valence-corrected chi connectivity index (χ4v) is 2.67. The summed E-state index contributed by atoms with van der Waals surface area (Å²) in [5, 5.41) is 0.951. The zero-order valence-electron chi connectivity index (χ0n) is 14.2. The number of nitrogens with zero attached hydrogens (tertiary/aromatic N) is 1. The zero-order chi connectivity index (χ0) is 18.1. The third-order valence-corrected chi connectivity index (χ3v) is 3.94. The first-order valence-corrected chi connectivity index (χ1v) is 7.91. The highest BCUT2D eigenvalue weighted by atomic mass is 16.6. The van der Waals surface area contributed by atoms with E-state index in [-0.39, 0.29) is 11.6 Å². The molecule has 6 heteroatoms. The fourth-order valence-electron chi connectivity index (χ4n) is 2.67. The summed E-state index contributed by atoms with van der Waals surface area (Å²) in [6, 6.07) is 14.6. The van der Waals surface area contributed by atoms with Crippen molar-refractivity contribution in [3.05, 3.63) is 65.6 Å². The number of cyclic esters (lactones) is 1. The Balaban J connectivity index is 1.71. The molecule has 0 unspecified atom stereocenters. The van der Waals surface area contributed by atoms with E-state index in [0.717, 1.165) is 11.0 Å². The first-order valence-electron chi connectivity index (χ1n) is 7.91. The Labute approximate surface area is 149 Å². The summed E-state index contributed by atoms with van der Waals surface area (Å²) in [7, 11) is 3.10. The molecular weight excluding hydrogens is 334 g/mol. The Morgan fingerprint density at radius 1 is 1.00 bits per heavy atom. The Morgan fingerprint density at radius 2 is 1.73 bits per heavy atom. The van der Waals surface area contributed by atoms with Crippen LogP contribution in [0.5, 0.6) is 11.5 Å². The Bertz CT molecular complexity index is 1010. The van der Waals surface area contributed by atoms with Crippen molar-refractivity contribution in [2.24, 2.45) is 4.99 Å². The molecule has 0 bridgehead atoms. The van der Waals surface area contributed by atoms with Gasteiger partial charge in [0.05, 0.1) is 14.2 Å². The van der Waals surface area contributed by atoms with Crippen LogP contribution in [0, 0.1) is 0 Å². The average molecular weight is 349 g/mol. The summed E-state index contributed by atoms with van der Waals surface area (Å²) in [6.45, 7) is 0. The second-order valence-corrected chi connectivity index (χ2v) is 5.62. The lowest BCUT2D eigenvalue weighted by Gasteiger charge is -2.07. The van der Waals surface area contributed by atoms with Crippen molar-refractivity contribution >= 4 is 28.9 Å².